The Morgan fingerprint density at radius 3 is 2.45 bits per heavy atom. The van der Waals surface area contributed by atoms with Gasteiger partial charge in [0.2, 0.25) is 5.91 Å². The molecule has 5 rings (SSSR count). The summed E-state index contributed by atoms with van der Waals surface area (Å²) in [4.78, 5) is 35.7. The number of nitrogens with one attached hydrogen (secondary N) is 1. The number of carbonyl (C=O) groups is 2. The molecule has 1 unspecified atom stereocenters. The second-order valence-corrected chi connectivity index (χ2v) is 10.1. The summed E-state index contributed by atoms with van der Waals surface area (Å²) in [5.74, 6) is -0.365. The van der Waals surface area contributed by atoms with Gasteiger partial charge in [0.1, 0.15) is 0 Å². The van der Waals surface area contributed by atoms with Crippen LogP contribution in [-0.4, -0.2) is 47.9 Å². The molecule has 0 bridgehead atoms. The molecule has 1 aromatic heterocycles. The molecule has 0 spiro atoms. The van der Waals surface area contributed by atoms with Crippen molar-refractivity contribution < 1.29 is 9.59 Å². The average molecular weight is 501 g/mol. The fourth-order valence-corrected chi connectivity index (χ4v) is 5.80. The number of hydrogen-bond acceptors (Lipinski definition) is 5. The van der Waals surface area contributed by atoms with Crippen LogP contribution >= 0.6 is 34.5 Å². The van der Waals surface area contributed by atoms with Crippen molar-refractivity contribution in [3.63, 3.8) is 0 Å². The Labute approximate surface area is 206 Å². The Kier molecular flexibility index (Phi) is 6.27. The first-order valence-electron chi connectivity index (χ1n) is 10.8. The molecular formula is C24H22Cl2N4O2S. The van der Waals surface area contributed by atoms with Crippen molar-refractivity contribution in [1.29, 1.82) is 0 Å². The molecule has 1 N–H and O–H groups in total. The van der Waals surface area contributed by atoms with Crippen molar-refractivity contribution >= 4 is 57.2 Å². The first-order chi connectivity index (χ1) is 16.0. The van der Waals surface area contributed by atoms with Crippen LogP contribution in [0.5, 0.6) is 0 Å². The maximum absolute atomic E-state index is 13.3. The van der Waals surface area contributed by atoms with Gasteiger partial charge in [0.25, 0.3) is 5.91 Å². The lowest BCUT2D eigenvalue weighted by Crippen LogP contribution is -2.50. The van der Waals surface area contributed by atoms with Crippen LogP contribution in [0.1, 0.15) is 33.3 Å². The number of piperazine rings is 1. The maximum atomic E-state index is 13.3. The zero-order valence-corrected chi connectivity index (χ0v) is 20.1. The van der Waals surface area contributed by atoms with E-state index in [9.17, 15) is 9.59 Å². The smallest absolute Gasteiger partial charge is 0.257 e. The molecule has 2 amide bonds. The molecule has 1 saturated heterocycles. The quantitative estimate of drug-likeness (QED) is 0.542. The van der Waals surface area contributed by atoms with Gasteiger partial charge in [-0.2, -0.15) is 0 Å². The number of rotatable bonds is 4. The number of amides is 2. The molecular weight excluding hydrogens is 479 g/mol. The molecule has 170 valence electrons. The zero-order valence-electron chi connectivity index (χ0n) is 17.8. The number of nitrogens with zero attached hydrogens (tertiary/aromatic N) is 3. The lowest BCUT2D eigenvalue weighted by Gasteiger charge is -2.37. The summed E-state index contributed by atoms with van der Waals surface area (Å²) < 4.78 is 0. The summed E-state index contributed by atoms with van der Waals surface area (Å²) >= 11 is 13.7. The number of para-hydroxylation sites is 1. The summed E-state index contributed by atoms with van der Waals surface area (Å²) in [7, 11) is 0. The van der Waals surface area contributed by atoms with Crippen LogP contribution in [0.4, 0.5) is 10.8 Å². The topological polar surface area (TPSA) is 65.5 Å². The predicted molar refractivity (Wildman–Crippen MR) is 133 cm³/mol. The minimum Gasteiger partial charge on any atom is -0.367 e. The largest absolute Gasteiger partial charge is 0.367 e. The standard InChI is InChI=1S/C24H22Cl2N4O2S/c25-16-7-5-15(6-8-16)22(31)28-24-27-21-17(9-10-20(21)33-24)23(32)30-13-11-29(12-14-30)19-4-2-1-3-18(19)26/h1-8,17H,9-14H2,(H,27,28,31). The molecule has 3 aromatic rings. The van der Waals surface area contributed by atoms with Gasteiger partial charge in [-0.15, -0.1) is 11.3 Å². The third kappa shape index (κ3) is 4.58. The molecule has 33 heavy (non-hydrogen) atoms. The monoisotopic (exact) mass is 500 g/mol. The van der Waals surface area contributed by atoms with Gasteiger partial charge < -0.3 is 9.80 Å². The molecule has 1 aliphatic heterocycles. The Bertz CT molecular complexity index is 1190. The molecule has 1 aliphatic carbocycles. The summed E-state index contributed by atoms with van der Waals surface area (Å²) in [6.07, 6.45) is 1.57. The first-order valence-corrected chi connectivity index (χ1v) is 12.4. The van der Waals surface area contributed by atoms with Crippen molar-refractivity contribution in [2.75, 3.05) is 36.4 Å². The van der Waals surface area contributed by atoms with Gasteiger partial charge in [-0.1, -0.05) is 35.3 Å². The van der Waals surface area contributed by atoms with E-state index < -0.39 is 0 Å². The highest BCUT2D eigenvalue weighted by Crippen LogP contribution is 2.39. The second-order valence-electron chi connectivity index (χ2n) is 8.14. The van der Waals surface area contributed by atoms with Crippen LogP contribution in [0, 0.1) is 0 Å². The Hall–Kier alpha value is -2.61. The van der Waals surface area contributed by atoms with Crippen LogP contribution in [0.2, 0.25) is 10.0 Å². The summed E-state index contributed by atoms with van der Waals surface area (Å²) in [6.45, 7) is 2.80. The van der Waals surface area contributed by atoms with E-state index in [0.717, 1.165) is 47.2 Å². The van der Waals surface area contributed by atoms with Crippen LogP contribution < -0.4 is 10.2 Å². The van der Waals surface area contributed by atoms with Crippen molar-refractivity contribution in [2.24, 2.45) is 0 Å². The van der Waals surface area contributed by atoms with E-state index in [1.165, 1.54) is 11.3 Å². The van der Waals surface area contributed by atoms with E-state index in [-0.39, 0.29) is 17.7 Å². The van der Waals surface area contributed by atoms with Gasteiger partial charge in [-0.3, -0.25) is 14.9 Å². The normalized spacial score (nSPS) is 17.7. The highest BCUT2D eigenvalue weighted by Gasteiger charge is 2.36. The molecule has 2 aliphatic rings. The van der Waals surface area contributed by atoms with Crippen LogP contribution in [0.15, 0.2) is 48.5 Å². The van der Waals surface area contributed by atoms with E-state index in [4.69, 9.17) is 23.2 Å². The maximum Gasteiger partial charge on any atom is 0.257 e. The summed E-state index contributed by atoms with van der Waals surface area (Å²) in [6, 6.07) is 14.5. The summed E-state index contributed by atoms with van der Waals surface area (Å²) in [5, 5.41) is 4.69. The zero-order chi connectivity index (χ0) is 22.9. The lowest BCUT2D eigenvalue weighted by molar-refractivity contribution is -0.133. The van der Waals surface area contributed by atoms with Gasteiger partial charge in [0, 0.05) is 41.6 Å². The Balaban J connectivity index is 1.23. The number of thiazole rings is 1. The SMILES string of the molecule is O=C(Nc1nc2c(s1)CCC2C(=O)N1CCN(c2ccccc2Cl)CC1)c1ccc(Cl)cc1. The van der Waals surface area contributed by atoms with Crippen molar-refractivity contribution in [3.8, 4) is 0 Å². The molecule has 0 radical (unpaired) electrons. The minimum atomic E-state index is -0.246. The molecule has 0 saturated carbocycles. The summed E-state index contributed by atoms with van der Waals surface area (Å²) in [5.41, 5.74) is 2.33. The number of aromatic nitrogens is 1. The van der Waals surface area contributed by atoms with E-state index in [2.05, 4.69) is 15.2 Å². The van der Waals surface area contributed by atoms with Crippen LogP contribution in [0.25, 0.3) is 0 Å². The number of aryl methyl sites for hydroxylation is 1. The Morgan fingerprint density at radius 1 is 1.00 bits per heavy atom. The van der Waals surface area contributed by atoms with Crippen LogP contribution in [-0.2, 0) is 11.2 Å². The highest BCUT2D eigenvalue weighted by molar-refractivity contribution is 7.16. The molecule has 2 heterocycles. The number of carbonyl (C=O) groups excluding carboxylic acids is 2. The van der Waals surface area contributed by atoms with Gasteiger partial charge in [-0.25, -0.2) is 4.98 Å². The molecule has 6 nitrogen and oxygen atoms in total. The molecule has 9 heteroatoms. The number of fused-ring (bicyclic) bond motifs is 1. The van der Waals surface area contributed by atoms with Crippen molar-refractivity contribution in [2.45, 2.75) is 18.8 Å². The number of hydrogen-bond donors (Lipinski definition) is 1. The Morgan fingerprint density at radius 2 is 1.73 bits per heavy atom. The van der Waals surface area contributed by atoms with E-state index in [1.807, 2.05) is 29.2 Å². The number of anilines is 2. The van der Waals surface area contributed by atoms with E-state index in [1.54, 1.807) is 24.3 Å². The van der Waals surface area contributed by atoms with Gasteiger partial charge in [0.05, 0.1) is 22.3 Å². The van der Waals surface area contributed by atoms with Crippen molar-refractivity contribution in [3.05, 3.63) is 74.7 Å². The van der Waals surface area contributed by atoms with Gasteiger partial charge >= 0.3 is 0 Å². The number of benzene rings is 2. The third-order valence-corrected chi connectivity index (χ3v) is 7.75. The number of halogens is 2. The van der Waals surface area contributed by atoms with Crippen molar-refractivity contribution in [1.82, 2.24) is 9.88 Å². The van der Waals surface area contributed by atoms with Crippen LogP contribution in [0.3, 0.4) is 0 Å². The lowest BCUT2D eigenvalue weighted by atomic mass is 10.1. The van der Waals surface area contributed by atoms with E-state index >= 15 is 0 Å². The molecule has 1 atom stereocenters. The van der Waals surface area contributed by atoms with E-state index in [0.29, 0.717) is 28.8 Å². The first kappa shape index (κ1) is 22.2. The predicted octanol–water partition coefficient (Wildman–Crippen LogP) is 5.08. The fourth-order valence-electron chi connectivity index (χ4n) is 4.39. The second kappa shape index (κ2) is 9.33. The molecule has 2 aromatic carbocycles. The molecule has 1 fully saturated rings. The third-order valence-electron chi connectivity index (χ3n) is 6.13. The average Bonchev–Trinajstić information content (AvgIpc) is 3.40. The van der Waals surface area contributed by atoms with Gasteiger partial charge in [-0.05, 0) is 49.2 Å². The van der Waals surface area contributed by atoms with Gasteiger partial charge in [0.15, 0.2) is 5.13 Å². The highest BCUT2D eigenvalue weighted by atomic mass is 35.5. The fraction of sp³-hybridized carbons (Fsp3) is 0.292. The minimum absolute atomic E-state index is 0.119.